The molecular formula is C19H32N2O2. The molecule has 1 aromatic rings. The van der Waals surface area contributed by atoms with E-state index in [1.807, 2.05) is 18.2 Å². The molecule has 3 N–H and O–H groups in total. The van der Waals surface area contributed by atoms with Crippen molar-refractivity contribution in [2.24, 2.45) is 5.92 Å². The Morgan fingerprint density at radius 1 is 1.35 bits per heavy atom. The molecule has 0 amide bonds. The molecule has 2 rings (SSSR count). The molecule has 1 aliphatic heterocycles. The third-order valence-electron chi connectivity index (χ3n) is 4.62. The van der Waals surface area contributed by atoms with Crippen LogP contribution in [0.4, 0.5) is 5.69 Å². The van der Waals surface area contributed by atoms with Crippen LogP contribution < -0.4 is 10.5 Å². The number of benzene rings is 1. The molecule has 1 saturated heterocycles. The summed E-state index contributed by atoms with van der Waals surface area (Å²) in [5, 5.41) is 10.4. The second-order valence-electron chi connectivity index (χ2n) is 7.19. The number of likely N-dealkylation sites (tertiary alicyclic amines) is 1. The van der Waals surface area contributed by atoms with E-state index in [-0.39, 0.29) is 0 Å². The highest BCUT2D eigenvalue weighted by Gasteiger charge is 2.19. The number of piperidine rings is 1. The lowest BCUT2D eigenvalue weighted by Gasteiger charge is -2.33. The average molecular weight is 320 g/mol. The van der Waals surface area contributed by atoms with Crippen molar-refractivity contribution in [1.82, 2.24) is 4.90 Å². The Balaban J connectivity index is 1.88. The minimum atomic E-state index is -0.467. The van der Waals surface area contributed by atoms with E-state index in [2.05, 4.69) is 25.7 Å². The molecule has 23 heavy (non-hydrogen) atoms. The normalized spacial score (nSPS) is 20.7. The third kappa shape index (κ3) is 5.40. The van der Waals surface area contributed by atoms with Crippen LogP contribution in [0.25, 0.3) is 0 Å². The average Bonchev–Trinajstić information content (AvgIpc) is 2.52. The number of hydrogen-bond acceptors (Lipinski definition) is 4. The largest absolute Gasteiger partial charge is 0.491 e. The molecule has 4 nitrogen and oxygen atoms in total. The van der Waals surface area contributed by atoms with Gasteiger partial charge in [0.15, 0.2) is 0 Å². The number of nitrogen functional groups attached to an aromatic ring is 1. The van der Waals surface area contributed by atoms with Gasteiger partial charge >= 0.3 is 0 Å². The number of nitrogens with two attached hydrogens (primary N) is 1. The van der Waals surface area contributed by atoms with Gasteiger partial charge in [0.05, 0.1) is 18.4 Å². The van der Waals surface area contributed by atoms with Crippen molar-refractivity contribution in [2.75, 3.05) is 25.4 Å². The maximum absolute atomic E-state index is 10.4. The molecule has 0 saturated carbocycles. The first-order valence-electron chi connectivity index (χ1n) is 8.91. The summed E-state index contributed by atoms with van der Waals surface area (Å²) in [5.41, 5.74) is 7.54. The Bertz CT molecular complexity index is 490. The zero-order chi connectivity index (χ0) is 16.8. The summed E-state index contributed by atoms with van der Waals surface area (Å²) >= 11 is 0. The molecule has 0 aliphatic carbocycles. The highest BCUT2D eigenvalue weighted by Crippen LogP contribution is 2.28. The fraction of sp³-hybridized carbons (Fsp3) is 0.684. The van der Waals surface area contributed by atoms with Gasteiger partial charge in [0.2, 0.25) is 0 Å². The molecule has 1 heterocycles. The number of aliphatic hydroxyl groups excluding tert-OH is 1. The standard InChI is InChI=1S/C19H32N2O2/c1-14(2)13-23-19-8-7-16(12-17(19)20)18(22)9-11-21-10-5-4-6-15(21)3/h7-8,12,14-15,18,22H,4-6,9-11,13,20H2,1-3H3. The summed E-state index contributed by atoms with van der Waals surface area (Å²) in [6.45, 7) is 9.24. The number of nitrogens with zero attached hydrogens (tertiary/aromatic N) is 1. The molecule has 2 atom stereocenters. The molecule has 0 spiro atoms. The van der Waals surface area contributed by atoms with Gasteiger partial charge in [-0.1, -0.05) is 26.3 Å². The van der Waals surface area contributed by atoms with E-state index < -0.39 is 6.10 Å². The van der Waals surface area contributed by atoms with Crippen LogP contribution in [-0.4, -0.2) is 35.7 Å². The molecule has 1 fully saturated rings. The van der Waals surface area contributed by atoms with Gasteiger partial charge < -0.3 is 20.5 Å². The second-order valence-corrected chi connectivity index (χ2v) is 7.19. The molecule has 2 unspecified atom stereocenters. The van der Waals surface area contributed by atoms with Crippen molar-refractivity contribution in [3.8, 4) is 5.75 Å². The molecular weight excluding hydrogens is 288 g/mol. The van der Waals surface area contributed by atoms with E-state index in [9.17, 15) is 5.11 Å². The van der Waals surface area contributed by atoms with Crippen LogP contribution in [0, 0.1) is 5.92 Å². The van der Waals surface area contributed by atoms with Crippen molar-refractivity contribution in [2.45, 2.75) is 58.6 Å². The van der Waals surface area contributed by atoms with E-state index in [1.165, 1.54) is 19.3 Å². The van der Waals surface area contributed by atoms with Crippen molar-refractivity contribution in [3.63, 3.8) is 0 Å². The van der Waals surface area contributed by atoms with Crippen LogP contribution in [0.1, 0.15) is 58.1 Å². The van der Waals surface area contributed by atoms with Gasteiger partial charge in [-0.05, 0) is 56.3 Å². The topological polar surface area (TPSA) is 58.7 Å². The first kappa shape index (κ1) is 18.1. The minimum absolute atomic E-state index is 0.464. The Labute approximate surface area is 140 Å². The molecule has 4 heteroatoms. The second kappa shape index (κ2) is 8.55. The van der Waals surface area contributed by atoms with E-state index in [4.69, 9.17) is 10.5 Å². The van der Waals surface area contributed by atoms with Gasteiger partial charge in [-0.2, -0.15) is 0 Å². The van der Waals surface area contributed by atoms with Crippen LogP contribution in [-0.2, 0) is 0 Å². The lowest BCUT2D eigenvalue weighted by atomic mass is 10.0. The van der Waals surface area contributed by atoms with E-state index >= 15 is 0 Å². The van der Waals surface area contributed by atoms with E-state index in [1.54, 1.807) is 0 Å². The fourth-order valence-electron chi connectivity index (χ4n) is 3.11. The summed E-state index contributed by atoms with van der Waals surface area (Å²) < 4.78 is 5.69. The summed E-state index contributed by atoms with van der Waals surface area (Å²) in [5.74, 6) is 1.17. The summed E-state index contributed by atoms with van der Waals surface area (Å²) in [4.78, 5) is 2.48. The van der Waals surface area contributed by atoms with Gasteiger partial charge in [-0.15, -0.1) is 0 Å². The van der Waals surface area contributed by atoms with Gasteiger partial charge in [0.1, 0.15) is 5.75 Å². The summed E-state index contributed by atoms with van der Waals surface area (Å²) in [6, 6.07) is 6.28. The zero-order valence-electron chi connectivity index (χ0n) is 14.8. The molecule has 0 radical (unpaired) electrons. The van der Waals surface area contributed by atoms with Gasteiger partial charge in [0, 0.05) is 12.6 Å². The molecule has 0 bridgehead atoms. The maximum Gasteiger partial charge on any atom is 0.142 e. The predicted octanol–water partition coefficient (Wildman–Crippen LogP) is 3.60. The van der Waals surface area contributed by atoms with Crippen LogP contribution in [0.3, 0.4) is 0 Å². The number of anilines is 1. The van der Waals surface area contributed by atoms with Crippen molar-refractivity contribution >= 4 is 5.69 Å². The summed E-state index contributed by atoms with van der Waals surface area (Å²) in [7, 11) is 0. The monoisotopic (exact) mass is 320 g/mol. The lowest BCUT2D eigenvalue weighted by Crippen LogP contribution is -2.38. The van der Waals surface area contributed by atoms with Crippen LogP contribution in [0.2, 0.25) is 0 Å². The van der Waals surface area contributed by atoms with Gasteiger partial charge in [-0.3, -0.25) is 0 Å². The zero-order valence-corrected chi connectivity index (χ0v) is 14.8. The predicted molar refractivity (Wildman–Crippen MR) is 95.7 cm³/mol. The Morgan fingerprint density at radius 3 is 2.78 bits per heavy atom. The highest BCUT2D eigenvalue weighted by molar-refractivity contribution is 5.54. The van der Waals surface area contributed by atoms with Crippen molar-refractivity contribution < 1.29 is 9.84 Å². The Kier molecular flexibility index (Phi) is 6.72. The lowest BCUT2D eigenvalue weighted by molar-refractivity contribution is 0.109. The first-order chi connectivity index (χ1) is 11.0. The first-order valence-corrected chi connectivity index (χ1v) is 8.91. The quantitative estimate of drug-likeness (QED) is 0.754. The molecule has 0 aromatic heterocycles. The minimum Gasteiger partial charge on any atom is -0.491 e. The Morgan fingerprint density at radius 2 is 2.13 bits per heavy atom. The number of hydrogen-bond donors (Lipinski definition) is 2. The number of ether oxygens (including phenoxy) is 1. The maximum atomic E-state index is 10.4. The smallest absolute Gasteiger partial charge is 0.142 e. The molecule has 1 aliphatic rings. The molecule has 130 valence electrons. The van der Waals surface area contributed by atoms with E-state index in [0.29, 0.717) is 30.0 Å². The molecule has 1 aromatic carbocycles. The number of rotatable bonds is 7. The SMILES string of the molecule is CC(C)COc1ccc(C(O)CCN2CCCCC2C)cc1N. The summed E-state index contributed by atoms with van der Waals surface area (Å²) in [6.07, 6.45) is 4.15. The van der Waals surface area contributed by atoms with E-state index in [0.717, 1.165) is 25.1 Å². The van der Waals surface area contributed by atoms with Crippen LogP contribution in [0.5, 0.6) is 5.75 Å². The van der Waals surface area contributed by atoms with Gasteiger partial charge in [0.25, 0.3) is 0 Å². The van der Waals surface area contributed by atoms with Crippen LogP contribution >= 0.6 is 0 Å². The highest BCUT2D eigenvalue weighted by atomic mass is 16.5. The number of aliphatic hydroxyl groups is 1. The van der Waals surface area contributed by atoms with Gasteiger partial charge in [-0.25, -0.2) is 0 Å². The fourth-order valence-corrected chi connectivity index (χ4v) is 3.11. The van der Waals surface area contributed by atoms with Crippen LogP contribution in [0.15, 0.2) is 18.2 Å². The third-order valence-corrected chi connectivity index (χ3v) is 4.62. The van der Waals surface area contributed by atoms with Crippen molar-refractivity contribution in [1.29, 1.82) is 0 Å². The van der Waals surface area contributed by atoms with Crippen molar-refractivity contribution in [3.05, 3.63) is 23.8 Å². The Hall–Kier alpha value is -1.26.